The van der Waals surface area contributed by atoms with Gasteiger partial charge in [0.15, 0.2) is 0 Å². The van der Waals surface area contributed by atoms with Gasteiger partial charge in [-0.15, -0.1) is 6.58 Å². The second-order valence-electron chi connectivity index (χ2n) is 7.97. The Morgan fingerprint density at radius 1 is 0.774 bits per heavy atom. The number of hydrogen-bond donors (Lipinski definition) is 0. The minimum absolute atomic E-state index is 0.00149. The van der Waals surface area contributed by atoms with Crippen LogP contribution in [0.5, 0.6) is 5.75 Å². The Morgan fingerprint density at radius 3 is 1.94 bits per heavy atom. The maximum atomic E-state index is 6.33. The van der Waals surface area contributed by atoms with Gasteiger partial charge < -0.3 is 9.47 Å². The molecule has 3 aromatic carbocycles. The molecule has 0 aliphatic heterocycles. The van der Waals surface area contributed by atoms with Crippen LogP contribution in [0.25, 0.3) is 0 Å². The molecule has 0 bridgehead atoms. The summed E-state index contributed by atoms with van der Waals surface area (Å²) in [6, 6.07) is 29.3. The molecule has 162 valence electrons. The highest BCUT2D eigenvalue weighted by atomic mass is 16.5. The number of unbranched alkanes of at least 4 members (excludes halogenated alkanes) is 2. The Morgan fingerprint density at radius 2 is 1.39 bits per heavy atom. The molecule has 0 saturated carbocycles. The average Bonchev–Trinajstić information content (AvgIpc) is 2.84. The molecular formula is C29H34O2. The van der Waals surface area contributed by atoms with Crippen LogP contribution in [0.2, 0.25) is 0 Å². The van der Waals surface area contributed by atoms with Gasteiger partial charge in [-0.05, 0) is 54.0 Å². The third kappa shape index (κ3) is 7.41. The van der Waals surface area contributed by atoms with Crippen LogP contribution in [-0.4, -0.2) is 13.7 Å². The molecule has 0 heterocycles. The van der Waals surface area contributed by atoms with Crippen molar-refractivity contribution >= 4 is 0 Å². The molecule has 0 aliphatic rings. The molecule has 0 N–H and O–H groups in total. The zero-order valence-electron chi connectivity index (χ0n) is 18.6. The second-order valence-corrected chi connectivity index (χ2v) is 7.97. The standard InChI is InChI=1S/C29H34O2/c1-3-24(23-25-18-20-28(30-2)21-19-25)13-7-6-12-22-31-29(26-14-8-4-9-15-26)27-16-10-5-11-17-27/h3-5,8-11,14-21,24,29H,1,6-7,12-13,22-23H2,2H3. The van der Waals surface area contributed by atoms with Crippen LogP contribution < -0.4 is 4.74 Å². The predicted octanol–water partition coefficient (Wildman–Crippen LogP) is 7.41. The summed E-state index contributed by atoms with van der Waals surface area (Å²) in [5, 5.41) is 0. The zero-order valence-corrected chi connectivity index (χ0v) is 18.6. The maximum Gasteiger partial charge on any atom is 0.118 e. The fraction of sp³-hybridized carbons (Fsp3) is 0.310. The topological polar surface area (TPSA) is 18.5 Å². The molecule has 0 fully saturated rings. The molecule has 0 aromatic heterocycles. The van der Waals surface area contributed by atoms with E-state index in [4.69, 9.17) is 9.47 Å². The van der Waals surface area contributed by atoms with Gasteiger partial charge in [0.2, 0.25) is 0 Å². The summed E-state index contributed by atoms with van der Waals surface area (Å²) >= 11 is 0. The van der Waals surface area contributed by atoms with Crippen LogP contribution >= 0.6 is 0 Å². The van der Waals surface area contributed by atoms with Crippen molar-refractivity contribution in [2.24, 2.45) is 5.92 Å². The molecular weight excluding hydrogens is 380 g/mol. The fourth-order valence-electron chi connectivity index (χ4n) is 3.89. The predicted molar refractivity (Wildman–Crippen MR) is 130 cm³/mol. The van der Waals surface area contributed by atoms with Gasteiger partial charge in [0.1, 0.15) is 11.9 Å². The van der Waals surface area contributed by atoms with Gasteiger partial charge in [-0.2, -0.15) is 0 Å². The van der Waals surface area contributed by atoms with Gasteiger partial charge in [0.05, 0.1) is 7.11 Å². The Labute approximate surface area is 187 Å². The van der Waals surface area contributed by atoms with E-state index in [-0.39, 0.29) is 6.10 Å². The maximum absolute atomic E-state index is 6.33. The van der Waals surface area contributed by atoms with Crippen molar-refractivity contribution in [1.29, 1.82) is 0 Å². The Bertz CT molecular complexity index is 832. The summed E-state index contributed by atoms with van der Waals surface area (Å²) in [6.07, 6.45) is 7.73. The van der Waals surface area contributed by atoms with Crippen LogP contribution in [0, 0.1) is 5.92 Å². The lowest BCUT2D eigenvalue weighted by molar-refractivity contribution is 0.0767. The van der Waals surface area contributed by atoms with E-state index in [2.05, 4.69) is 73.3 Å². The lowest BCUT2D eigenvalue weighted by Gasteiger charge is -2.19. The SMILES string of the molecule is C=CC(CCCCCOC(c1ccccc1)c1ccccc1)Cc1ccc(OC)cc1. The molecule has 0 amide bonds. The van der Waals surface area contributed by atoms with E-state index in [1.54, 1.807) is 7.11 Å². The lowest BCUT2D eigenvalue weighted by atomic mass is 9.94. The smallest absolute Gasteiger partial charge is 0.118 e. The number of methoxy groups -OCH3 is 1. The normalized spacial score (nSPS) is 11.9. The Balaban J connectivity index is 1.42. The van der Waals surface area contributed by atoms with E-state index in [9.17, 15) is 0 Å². The van der Waals surface area contributed by atoms with Gasteiger partial charge in [0.25, 0.3) is 0 Å². The minimum Gasteiger partial charge on any atom is -0.497 e. The van der Waals surface area contributed by atoms with Crippen LogP contribution in [-0.2, 0) is 11.2 Å². The van der Waals surface area contributed by atoms with Crippen molar-refractivity contribution < 1.29 is 9.47 Å². The number of rotatable bonds is 13. The van der Waals surface area contributed by atoms with Gasteiger partial charge in [-0.1, -0.05) is 91.7 Å². The second kappa shape index (κ2) is 12.8. The molecule has 0 saturated heterocycles. The van der Waals surface area contributed by atoms with Crippen molar-refractivity contribution in [3.8, 4) is 5.75 Å². The first-order valence-corrected chi connectivity index (χ1v) is 11.3. The molecule has 1 unspecified atom stereocenters. The van der Waals surface area contributed by atoms with E-state index >= 15 is 0 Å². The van der Waals surface area contributed by atoms with Crippen LogP contribution in [0.1, 0.15) is 48.5 Å². The molecule has 0 radical (unpaired) electrons. The van der Waals surface area contributed by atoms with Crippen molar-refractivity contribution in [2.45, 2.75) is 38.2 Å². The highest BCUT2D eigenvalue weighted by Crippen LogP contribution is 2.26. The summed E-state index contributed by atoms with van der Waals surface area (Å²) in [5.74, 6) is 1.42. The summed E-state index contributed by atoms with van der Waals surface area (Å²) in [7, 11) is 1.70. The number of hydrogen-bond acceptors (Lipinski definition) is 2. The summed E-state index contributed by atoms with van der Waals surface area (Å²) in [6.45, 7) is 4.82. The Kier molecular flexibility index (Phi) is 9.40. The highest BCUT2D eigenvalue weighted by Gasteiger charge is 2.14. The highest BCUT2D eigenvalue weighted by molar-refractivity contribution is 5.30. The first kappa shape index (κ1) is 22.8. The van der Waals surface area contributed by atoms with E-state index in [1.165, 1.54) is 29.5 Å². The molecule has 2 heteroatoms. The molecule has 0 aliphatic carbocycles. The Hall–Kier alpha value is -2.84. The van der Waals surface area contributed by atoms with Crippen LogP contribution in [0.3, 0.4) is 0 Å². The van der Waals surface area contributed by atoms with Gasteiger partial charge in [0, 0.05) is 6.61 Å². The van der Waals surface area contributed by atoms with Crippen molar-refractivity contribution in [3.05, 3.63) is 114 Å². The quantitative estimate of drug-likeness (QED) is 0.214. The number of allylic oxidation sites excluding steroid dienone is 1. The molecule has 3 aromatic rings. The van der Waals surface area contributed by atoms with Crippen molar-refractivity contribution in [2.75, 3.05) is 13.7 Å². The third-order valence-electron chi connectivity index (χ3n) is 5.70. The summed E-state index contributed by atoms with van der Waals surface area (Å²) in [4.78, 5) is 0. The van der Waals surface area contributed by atoms with Crippen LogP contribution in [0.15, 0.2) is 97.6 Å². The fourth-order valence-corrected chi connectivity index (χ4v) is 3.89. The molecule has 0 spiro atoms. The van der Waals surface area contributed by atoms with E-state index in [1.807, 2.05) is 24.3 Å². The molecule has 1 atom stereocenters. The van der Waals surface area contributed by atoms with Crippen LogP contribution in [0.4, 0.5) is 0 Å². The number of ether oxygens (including phenoxy) is 2. The van der Waals surface area contributed by atoms with Gasteiger partial charge in [-0.25, -0.2) is 0 Å². The zero-order chi connectivity index (χ0) is 21.7. The number of benzene rings is 3. The third-order valence-corrected chi connectivity index (χ3v) is 5.70. The monoisotopic (exact) mass is 414 g/mol. The lowest BCUT2D eigenvalue weighted by Crippen LogP contribution is -2.07. The molecule has 3 rings (SSSR count). The van der Waals surface area contributed by atoms with Gasteiger partial charge >= 0.3 is 0 Å². The average molecular weight is 415 g/mol. The van der Waals surface area contributed by atoms with Crippen molar-refractivity contribution in [1.82, 2.24) is 0 Å². The van der Waals surface area contributed by atoms with E-state index in [0.717, 1.165) is 31.6 Å². The van der Waals surface area contributed by atoms with E-state index in [0.29, 0.717) is 5.92 Å². The van der Waals surface area contributed by atoms with Gasteiger partial charge in [-0.3, -0.25) is 0 Å². The van der Waals surface area contributed by atoms with Crippen molar-refractivity contribution in [3.63, 3.8) is 0 Å². The van der Waals surface area contributed by atoms with E-state index < -0.39 is 0 Å². The molecule has 31 heavy (non-hydrogen) atoms. The molecule has 2 nitrogen and oxygen atoms in total. The first-order chi connectivity index (χ1) is 15.3. The minimum atomic E-state index is -0.00149. The summed E-state index contributed by atoms with van der Waals surface area (Å²) < 4.78 is 11.6. The first-order valence-electron chi connectivity index (χ1n) is 11.3. The summed E-state index contributed by atoms with van der Waals surface area (Å²) in [5.41, 5.74) is 3.75. The largest absolute Gasteiger partial charge is 0.497 e.